The first kappa shape index (κ1) is 24.3. The average Bonchev–Trinajstić information content (AvgIpc) is 3.11. The van der Waals surface area contributed by atoms with Crippen molar-refractivity contribution in [2.45, 2.75) is 24.5 Å². The highest BCUT2D eigenvalue weighted by molar-refractivity contribution is 9.10. The fraction of sp³-hybridized carbons (Fsp3) is 0.111. The number of halogens is 2. The fourth-order valence-corrected chi connectivity index (χ4v) is 4.97. The number of nitrogens with zero attached hydrogens (tertiary/aromatic N) is 2. The van der Waals surface area contributed by atoms with Gasteiger partial charge in [-0.15, -0.1) is 11.8 Å². The first-order valence-electron chi connectivity index (χ1n) is 10.7. The van der Waals surface area contributed by atoms with Gasteiger partial charge >= 0.3 is 0 Å². The van der Waals surface area contributed by atoms with Crippen LogP contribution in [-0.4, -0.2) is 16.7 Å². The molecule has 172 valence electrons. The predicted octanol–water partition coefficient (Wildman–Crippen LogP) is 7.57. The van der Waals surface area contributed by atoms with E-state index in [0.29, 0.717) is 5.56 Å². The van der Waals surface area contributed by atoms with Crippen molar-refractivity contribution in [3.05, 3.63) is 116 Å². The zero-order valence-electron chi connectivity index (χ0n) is 18.8. The van der Waals surface area contributed by atoms with Crippen LogP contribution in [0.2, 0.25) is 5.02 Å². The summed E-state index contributed by atoms with van der Waals surface area (Å²) in [5.74, 6) is 0.573. The van der Waals surface area contributed by atoms with Gasteiger partial charge in [-0.05, 0) is 80.1 Å². The molecule has 0 fully saturated rings. The number of hydrazone groups is 1. The summed E-state index contributed by atoms with van der Waals surface area (Å²) in [5.41, 5.74) is 8.50. The lowest BCUT2D eigenvalue weighted by Gasteiger charge is -2.09. The van der Waals surface area contributed by atoms with Crippen molar-refractivity contribution in [2.24, 2.45) is 5.10 Å². The predicted molar refractivity (Wildman–Crippen MR) is 145 cm³/mol. The Kier molecular flexibility index (Phi) is 7.93. The Hall–Kier alpha value is -2.80. The summed E-state index contributed by atoms with van der Waals surface area (Å²) in [5, 5.41) is 4.92. The SMILES string of the molecule is Cc1cc(/C=N\NC(=O)c2ccc(CSc3ccc(Cl)cc3)cc2)c(C)n1-c1cccc(Br)c1. The van der Waals surface area contributed by atoms with E-state index in [2.05, 4.69) is 56.1 Å². The number of amides is 1. The number of nitrogens with one attached hydrogen (secondary N) is 1. The molecule has 0 aliphatic rings. The van der Waals surface area contributed by atoms with Crippen LogP contribution in [0.5, 0.6) is 0 Å². The molecule has 0 radical (unpaired) electrons. The highest BCUT2D eigenvalue weighted by Gasteiger charge is 2.10. The lowest BCUT2D eigenvalue weighted by atomic mass is 10.1. The molecule has 0 unspecified atom stereocenters. The van der Waals surface area contributed by atoms with Gasteiger partial charge in [0.15, 0.2) is 0 Å². The standard InChI is InChI=1S/C27H23BrClN3OS/c1-18-14-22(19(2)32(18)25-5-3-4-23(28)15-25)16-30-31-27(33)21-8-6-20(7-9-21)17-34-26-12-10-24(29)11-13-26/h3-16H,17H2,1-2H3,(H,31,33)/b30-16-. The molecule has 4 aromatic rings. The molecule has 1 aromatic heterocycles. The smallest absolute Gasteiger partial charge is 0.271 e. The Labute approximate surface area is 217 Å². The van der Waals surface area contributed by atoms with E-state index in [9.17, 15) is 4.79 Å². The van der Waals surface area contributed by atoms with Gasteiger partial charge in [0.1, 0.15) is 0 Å². The van der Waals surface area contributed by atoms with Crippen LogP contribution in [0.15, 0.2) is 93.3 Å². The summed E-state index contributed by atoms with van der Waals surface area (Å²) in [6, 6.07) is 25.5. The third kappa shape index (κ3) is 6.00. The number of thioether (sulfide) groups is 1. The maximum atomic E-state index is 12.5. The van der Waals surface area contributed by atoms with Crippen LogP contribution in [0.25, 0.3) is 5.69 Å². The molecule has 1 amide bonds. The molecule has 3 aromatic carbocycles. The third-order valence-corrected chi connectivity index (χ3v) is 7.17. The molecule has 0 bridgehead atoms. The molecule has 0 spiro atoms. The number of aryl methyl sites for hydroxylation is 1. The fourth-order valence-electron chi connectivity index (χ4n) is 3.61. The van der Waals surface area contributed by atoms with Crippen molar-refractivity contribution in [2.75, 3.05) is 0 Å². The zero-order chi connectivity index (χ0) is 24.1. The quantitative estimate of drug-likeness (QED) is 0.146. The van der Waals surface area contributed by atoms with E-state index in [1.807, 2.05) is 67.6 Å². The molecule has 4 nitrogen and oxygen atoms in total. The first-order valence-corrected chi connectivity index (χ1v) is 12.8. The van der Waals surface area contributed by atoms with E-state index in [-0.39, 0.29) is 5.91 Å². The van der Waals surface area contributed by atoms with Gasteiger partial charge in [-0.25, -0.2) is 5.43 Å². The van der Waals surface area contributed by atoms with Crippen LogP contribution in [0, 0.1) is 13.8 Å². The van der Waals surface area contributed by atoms with Gasteiger partial charge in [0.2, 0.25) is 0 Å². The van der Waals surface area contributed by atoms with Gasteiger partial charge in [-0.3, -0.25) is 4.79 Å². The van der Waals surface area contributed by atoms with Crippen molar-refractivity contribution in [1.29, 1.82) is 0 Å². The normalized spacial score (nSPS) is 11.2. The number of benzene rings is 3. The number of carbonyl (C=O) groups excluding carboxylic acids is 1. The van der Waals surface area contributed by atoms with E-state index in [0.717, 1.165) is 48.3 Å². The first-order chi connectivity index (χ1) is 16.4. The minimum atomic E-state index is -0.242. The Bertz CT molecular complexity index is 1330. The van der Waals surface area contributed by atoms with Gasteiger partial charge < -0.3 is 4.57 Å². The molecule has 0 saturated carbocycles. The second-order valence-electron chi connectivity index (χ2n) is 7.78. The van der Waals surface area contributed by atoms with Gasteiger partial charge in [-0.2, -0.15) is 5.10 Å². The topological polar surface area (TPSA) is 46.4 Å². The van der Waals surface area contributed by atoms with Crippen molar-refractivity contribution >= 4 is 51.4 Å². The van der Waals surface area contributed by atoms with Gasteiger partial charge in [-0.1, -0.05) is 45.7 Å². The van der Waals surface area contributed by atoms with Crippen molar-refractivity contribution in [1.82, 2.24) is 9.99 Å². The van der Waals surface area contributed by atoms with E-state index < -0.39 is 0 Å². The summed E-state index contributed by atoms with van der Waals surface area (Å²) in [6.45, 7) is 4.09. The minimum absolute atomic E-state index is 0.242. The summed E-state index contributed by atoms with van der Waals surface area (Å²) >= 11 is 11.2. The lowest BCUT2D eigenvalue weighted by molar-refractivity contribution is 0.0955. The maximum Gasteiger partial charge on any atom is 0.271 e. The van der Waals surface area contributed by atoms with Gasteiger partial charge in [0, 0.05) is 48.3 Å². The van der Waals surface area contributed by atoms with Gasteiger partial charge in [0.25, 0.3) is 5.91 Å². The van der Waals surface area contributed by atoms with Crippen LogP contribution in [0.1, 0.15) is 32.9 Å². The molecule has 0 saturated heterocycles. The number of aromatic nitrogens is 1. The van der Waals surface area contributed by atoms with E-state index in [1.54, 1.807) is 18.0 Å². The van der Waals surface area contributed by atoms with Crippen LogP contribution in [0.3, 0.4) is 0 Å². The van der Waals surface area contributed by atoms with E-state index in [1.165, 1.54) is 0 Å². The average molecular weight is 553 g/mol. The van der Waals surface area contributed by atoms with E-state index >= 15 is 0 Å². The number of carbonyl (C=O) groups is 1. The zero-order valence-corrected chi connectivity index (χ0v) is 21.9. The molecule has 1 heterocycles. The van der Waals surface area contributed by atoms with Crippen LogP contribution < -0.4 is 5.43 Å². The molecule has 7 heteroatoms. The van der Waals surface area contributed by atoms with Crippen LogP contribution in [0.4, 0.5) is 0 Å². The van der Waals surface area contributed by atoms with Crippen LogP contribution in [-0.2, 0) is 5.75 Å². The summed E-state index contributed by atoms with van der Waals surface area (Å²) < 4.78 is 3.18. The monoisotopic (exact) mass is 551 g/mol. The molecular weight excluding hydrogens is 530 g/mol. The summed E-state index contributed by atoms with van der Waals surface area (Å²) in [7, 11) is 0. The molecular formula is C27H23BrClN3OS. The van der Waals surface area contributed by atoms with Gasteiger partial charge in [0.05, 0.1) is 6.21 Å². The molecule has 1 N–H and O–H groups in total. The highest BCUT2D eigenvalue weighted by Crippen LogP contribution is 2.25. The third-order valence-electron chi connectivity index (χ3n) is 5.34. The molecule has 0 atom stereocenters. The number of hydrogen-bond donors (Lipinski definition) is 1. The lowest BCUT2D eigenvalue weighted by Crippen LogP contribution is -2.17. The van der Waals surface area contributed by atoms with Crippen LogP contribution >= 0.6 is 39.3 Å². The largest absolute Gasteiger partial charge is 0.318 e. The Morgan fingerprint density at radius 1 is 1.06 bits per heavy atom. The van der Waals surface area contributed by atoms with Crippen molar-refractivity contribution in [3.63, 3.8) is 0 Å². The second-order valence-corrected chi connectivity index (χ2v) is 10.2. The second kappa shape index (κ2) is 11.1. The summed E-state index contributed by atoms with van der Waals surface area (Å²) in [6.07, 6.45) is 1.69. The maximum absolute atomic E-state index is 12.5. The Morgan fingerprint density at radius 3 is 2.50 bits per heavy atom. The molecule has 4 rings (SSSR count). The Balaban J connectivity index is 1.36. The molecule has 34 heavy (non-hydrogen) atoms. The van der Waals surface area contributed by atoms with E-state index in [4.69, 9.17) is 11.6 Å². The Morgan fingerprint density at radius 2 is 1.79 bits per heavy atom. The molecule has 0 aliphatic heterocycles. The number of hydrogen-bond acceptors (Lipinski definition) is 3. The number of rotatable bonds is 7. The van der Waals surface area contributed by atoms with Crippen molar-refractivity contribution in [3.8, 4) is 5.69 Å². The minimum Gasteiger partial charge on any atom is -0.318 e. The molecule has 0 aliphatic carbocycles. The summed E-state index contributed by atoms with van der Waals surface area (Å²) in [4.78, 5) is 13.7. The highest BCUT2D eigenvalue weighted by atomic mass is 79.9. The van der Waals surface area contributed by atoms with Crippen molar-refractivity contribution < 1.29 is 4.79 Å².